The molecule has 1 aromatic carbocycles. The minimum Gasteiger partial charge on any atom is -0.497 e. The second-order valence-electron chi connectivity index (χ2n) is 6.47. The maximum Gasteiger partial charge on any atom is 0.251 e. The van der Waals surface area contributed by atoms with Gasteiger partial charge in [0.25, 0.3) is 5.91 Å². The van der Waals surface area contributed by atoms with Gasteiger partial charge >= 0.3 is 0 Å². The van der Waals surface area contributed by atoms with Crippen molar-refractivity contribution in [3.63, 3.8) is 0 Å². The molecule has 1 N–H and O–H groups in total. The molecule has 2 aliphatic rings. The van der Waals surface area contributed by atoms with Gasteiger partial charge in [0, 0.05) is 19.6 Å². The highest BCUT2D eigenvalue weighted by atomic mass is 16.5. The van der Waals surface area contributed by atoms with Gasteiger partial charge in [-0.05, 0) is 48.9 Å². The summed E-state index contributed by atoms with van der Waals surface area (Å²) in [7, 11) is 1.65. The summed E-state index contributed by atoms with van der Waals surface area (Å²) in [6.07, 6.45) is 1.96. The van der Waals surface area contributed by atoms with Gasteiger partial charge < -0.3 is 19.6 Å². The number of carbonyl (C=O) groups excluding carboxylic acids is 2. The van der Waals surface area contributed by atoms with Crippen LogP contribution >= 0.6 is 0 Å². The third kappa shape index (κ3) is 3.53. The summed E-state index contributed by atoms with van der Waals surface area (Å²) in [4.78, 5) is 28.0. The summed E-state index contributed by atoms with van der Waals surface area (Å²) in [6, 6.07) is 5.92. The molecule has 0 bridgehead atoms. The van der Waals surface area contributed by atoms with Crippen molar-refractivity contribution >= 4 is 11.8 Å². The molecule has 2 aliphatic heterocycles. The van der Waals surface area contributed by atoms with E-state index in [1.165, 1.54) is 10.5 Å². The number of rotatable bonds is 3. The van der Waals surface area contributed by atoms with Gasteiger partial charge in [-0.2, -0.15) is 0 Å². The number of aliphatic hydroxyl groups is 1. The molecule has 0 radical (unpaired) electrons. The van der Waals surface area contributed by atoms with E-state index in [0.29, 0.717) is 26.1 Å². The highest BCUT2D eigenvalue weighted by Gasteiger charge is 2.29. The zero-order valence-electron chi connectivity index (χ0n) is 14.0. The molecule has 2 amide bonds. The Balaban J connectivity index is 1.64. The van der Waals surface area contributed by atoms with Crippen LogP contribution in [0.4, 0.5) is 0 Å². The van der Waals surface area contributed by atoms with Crippen LogP contribution in [0.15, 0.2) is 18.2 Å². The Labute approximate surface area is 142 Å². The first-order valence-corrected chi connectivity index (χ1v) is 8.49. The maximum absolute atomic E-state index is 12.6. The smallest absolute Gasteiger partial charge is 0.251 e. The molecular weight excluding hydrogens is 308 g/mol. The highest BCUT2D eigenvalue weighted by molar-refractivity contribution is 5.87. The van der Waals surface area contributed by atoms with E-state index >= 15 is 0 Å². The van der Waals surface area contributed by atoms with E-state index in [4.69, 9.17) is 4.74 Å². The quantitative estimate of drug-likeness (QED) is 0.895. The van der Waals surface area contributed by atoms with Crippen LogP contribution in [0.1, 0.15) is 30.4 Å². The summed E-state index contributed by atoms with van der Waals surface area (Å²) in [5.74, 6) is 0.458. The number of carbonyl (C=O) groups is 2. The molecule has 2 heterocycles. The zero-order valence-corrected chi connectivity index (χ0v) is 14.0. The van der Waals surface area contributed by atoms with E-state index in [9.17, 15) is 14.7 Å². The van der Waals surface area contributed by atoms with Crippen molar-refractivity contribution in [3.8, 4) is 5.75 Å². The molecule has 1 aromatic rings. The lowest BCUT2D eigenvalue weighted by Crippen LogP contribution is -2.46. The Morgan fingerprint density at radius 1 is 1.29 bits per heavy atom. The van der Waals surface area contributed by atoms with Gasteiger partial charge in [-0.25, -0.2) is 0 Å². The molecule has 0 aromatic heterocycles. The minimum absolute atomic E-state index is 0.0566. The van der Waals surface area contributed by atoms with Crippen molar-refractivity contribution in [1.29, 1.82) is 0 Å². The number of aliphatic hydroxyl groups excluding tert-OH is 1. The minimum atomic E-state index is -0.963. The first-order chi connectivity index (χ1) is 11.6. The molecule has 0 spiro atoms. The molecule has 130 valence electrons. The third-order valence-electron chi connectivity index (χ3n) is 4.86. The summed E-state index contributed by atoms with van der Waals surface area (Å²) in [6.45, 7) is 1.80. The van der Waals surface area contributed by atoms with Crippen LogP contribution in [-0.4, -0.2) is 59.6 Å². The molecule has 24 heavy (non-hydrogen) atoms. The van der Waals surface area contributed by atoms with Crippen LogP contribution < -0.4 is 4.74 Å². The number of likely N-dealkylation sites (tertiary alicyclic amines) is 1. The van der Waals surface area contributed by atoms with E-state index in [2.05, 4.69) is 0 Å². The standard InChI is InChI=1S/C18H24N2O4/c1-24-15-6-5-14-11-19(9-7-13(14)10-15)17(22)12-20-8-3-2-4-16(21)18(20)23/h5-6,10,16,21H,2-4,7-9,11-12H2,1H3. The molecular formula is C18H24N2O4. The summed E-state index contributed by atoms with van der Waals surface area (Å²) < 4.78 is 5.24. The number of hydrogen-bond donors (Lipinski definition) is 1. The molecule has 1 fully saturated rings. The van der Waals surface area contributed by atoms with Gasteiger partial charge in [0.2, 0.25) is 5.91 Å². The van der Waals surface area contributed by atoms with E-state index in [0.717, 1.165) is 30.6 Å². The average Bonchev–Trinajstić information content (AvgIpc) is 2.76. The fraction of sp³-hybridized carbons (Fsp3) is 0.556. The monoisotopic (exact) mass is 332 g/mol. The van der Waals surface area contributed by atoms with Crippen LogP contribution in [0.2, 0.25) is 0 Å². The van der Waals surface area contributed by atoms with Gasteiger partial charge in [0.15, 0.2) is 0 Å². The first kappa shape index (κ1) is 16.8. The van der Waals surface area contributed by atoms with Crippen molar-refractivity contribution in [2.45, 2.75) is 38.3 Å². The summed E-state index contributed by atoms with van der Waals surface area (Å²) in [5.41, 5.74) is 2.33. The maximum atomic E-state index is 12.6. The average molecular weight is 332 g/mol. The van der Waals surface area contributed by atoms with Gasteiger partial charge in [-0.3, -0.25) is 9.59 Å². The number of hydrogen-bond acceptors (Lipinski definition) is 4. The molecule has 3 rings (SSSR count). The van der Waals surface area contributed by atoms with Crippen molar-refractivity contribution in [2.24, 2.45) is 0 Å². The van der Waals surface area contributed by atoms with Crippen molar-refractivity contribution < 1.29 is 19.4 Å². The van der Waals surface area contributed by atoms with Crippen LogP contribution in [0, 0.1) is 0 Å². The number of methoxy groups -OCH3 is 1. The van der Waals surface area contributed by atoms with E-state index in [1.807, 2.05) is 18.2 Å². The van der Waals surface area contributed by atoms with Gasteiger partial charge in [0.05, 0.1) is 13.7 Å². The molecule has 0 saturated carbocycles. The first-order valence-electron chi connectivity index (χ1n) is 8.49. The van der Waals surface area contributed by atoms with Crippen LogP contribution in [0.25, 0.3) is 0 Å². The second-order valence-corrected chi connectivity index (χ2v) is 6.47. The normalized spacial score (nSPS) is 21.2. The third-order valence-corrected chi connectivity index (χ3v) is 4.86. The summed E-state index contributed by atoms with van der Waals surface area (Å²) >= 11 is 0. The van der Waals surface area contributed by atoms with Gasteiger partial charge in [-0.1, -0.05) is 6.07 Å². The predicted molar refractivity (Wildman–Crippen MR) is 88.6 cm³/mol. The number of ether oxygens (including phenoxy) is 1. The number of fused-ring (bicyclic) bond motifs is 1. The van der Waals surface area contributed by atoms with E-state index in [1.54, 1.807) is 12.0 Å². The fourth-order valence-electron chi connectivity index (χ4n) is 3.37. The number of nitrogens with zero attached hydrogens (tertiary/aromatic N) is 2. The lowest BCUT2D eigenvalue weighted by molar-refractivity contribution is -0.145. The highest BCUT2D eigenvalue weighted by Crippen LogP contribution is 2.24. The fourth-order valence-corrected chi connectivity index (χ4v) is 3.37. The van der Waals surface area contributed by atoms with Gasteiger partial charge in [-0.15, -0.1) is 0 Å². The van der Waals surface area contributed by atoms with Crippen LogP contribution in [0.5, 0.6) is 5.75 Å². The Hall–Kier alpha value is -2.08. The molecule has 6 nitrogen and oxygen atoms in total. The summed E-state index contributed by atoms with van der Waals surface area (Å²) in [5, 5.41) is 9.80. The van der Waals surface area contributed by atoms with Crippen LogP contribution in [0.3, 0.4) is 0 Å². The molecule has 0 aliphatic carbocycles. The number of benzene rings is 1. The Morgan fingerprint density at radius 3 is 2.92 bits per heavy atom. The Kier molecular flexibility index (Phi) is 5.04. The largest absolute Gasteiger partial charge is 0.497 e. The van der Waals surface area contributed by atoms with E-state index < -0.39 is 6.10 Å². The predicted octanol–water partition coefficient (Wildman–Crippen LogP) is 0.953. The zero-order chi connectivity index (χ0) is 17.1. The van der Waals surface area contributed by atoms with Crippen molar-refractivity contribution in [2.75, 3.05) is 26.7 Å². The Bertz CT molecular complexity index is 631. The van der Waals surface area contributed by atoms with Crippen molar-refractivity contribution in [1.82, 2.24) is 9.80 Å². The molecule has 6 heteroatoms. The van der Waals surface area contributed by atoms with Crippen LogP contribution in [-0.2, 0) is 22.6 Å². The Morgan fingerprint density at radius 2 is 2.12 bits per heavy atom. The lowest BCUT2D eigenvalue weighted by atomic mass is 9.99. The topological polar surface area (TPSA) is 70.1 Å². The van der Waals surface area contributed by atoms with Gasteiger partial charge in [0.1, 0.15) is 11.9 Å². The molecule has 1 saturated heterocycles. The second kappa shape index (κ2) is 7.21. The SMILES string of the molecule is COc1ccc2c(c1)CCN(C(=O)CN1CCCCC(O)C1=O)C2. The van der Waals surface area contributed by atoms with Crippen molar-refractivity contribution in [3.05, 3.63) is 29.3 Å². The molecule has 1 unspecified atom stereocenters. The molecule has 1 atom stereocenters. The number of amides is 2. The lowest BCUT2D eigenvalue weighted by Gasteiger charge is -2.31. The van der Waals surface area contributed by atoms with E-state index in [-0.39, 0.29) is 18.4 Å².